The van der Waals surface area contributed by atoms with Crippen LogP contribution in [0, 0.1) is 35.6 Å². The van der Waals surface area contributed by atoms with Crippen molar-refractivity contribution in [2.24, 2.45) is 0 Å². The first-order valence-electron chi connectivity index (χ1n) is 25.9. The molecule has 0 aromatic heterocycles. The largest absolute Gasteiger partial charge is 0.481 e. The summed E-state index contributed by atoms with van der Waals surface area (Å²) in [6.07, 6.45) is 63.7. The third-order valence-corrected chi connectivity index (χ3v) is 11.0. The standard InChI is InChI=1S/3C18H34O2.La/c3*1-2-3-4-5-6-7-8-9-10-11-12-13-14-15-16-17-18(19)20;/h3*7-8H,2-6,9-17H2,1H3,(H,19,20);/b3*8-7-;. The van der Waals surface area contributed by atoms with Crippen LogP contribution < -0.4 is 0 Å². The third kappa shape index (κ3) is 76.5. The number of rotatable bonds is 45. The van der Waals surface area contributed by atoms with Crippen LogP contribution in [0.15, 0.2) is 36.5 Å². The fraction of sp³-hybridized carbons (Fsp3) is 0.833. The van der Waals surface area contributed by atoms with E-state index < -0.39 is 17.9 Å². The van der Waals surface area contributed by atoms with Gasteiger partial charge < -0.3 is 15.3 Å². The summed E-state index contributed by atoms with van der Waals surface area (Å²) in [6, 6.07) is 0. The van der Waals surface area contributed by atoms with Gasteiger partial charge in [0.25, 0.3) is 0 Å². The first kappa shape index (κ1) is 66.4. The van der Waals surface area contributed by atoms with E-state index in [4.69, 9.17) is 15.3 Å². The number of unbranched alkanes of at least 4 members (excludes halogenated alkanes) is 33. The predicted molar refractivity (Wildman–Crippen MR) is 261 cm³/mol. The first-order chi connectivity index (χ1) is 29.3. The van der Waals surface area contributed by atoms with Gasteiger partial charge >= 0.3 is 17.9 Å². The van der Waals surface area contributed by atoms with E-state index >= 15 is 0 Å². The maximum absolute atomic E-state index is 10.3. The molecule has 357 valence electrons. The number of hydrogen-bond donors (Lipinski definition) is 3. The Balaban J connectivity index is -0.000000396. The van der Waals surface area contributed by atoms with Crippen molar-refractivity contribution >= 4 is 17.9 Å². The van der Waals surface area contributed by atoms with Crippen LogP contribution in [0.1, 0.15) is 290 Å². The summed E-state index contributed by atoms with van der Waals surface area (Å²) in [7, 11) is 0. The van der Waals surface area contributed by atoms with Crippen molar-refractivity contribution in [1.82, 2.24) is 0 Å². The fourth-order valence-corrected chi connectivity index (χ4v) is 7.04. The van der Waals surface area contributed by atoms with Crippen molar-refractivity contribution in [3.8, 4) is 0 Å². The molecule has 0 rings (SSSR count). The number of carboxylic acids is 3. The second kappa shape index (κ2) is 63.1. The van der Waals surface area contributed by atoms with Gasteiger partial charge in [-0.3, -0.25) is 14.4 Å². The molecule has 0 bridgehead atoms. The molecule has 7 heteroatoms. The van der Waals surface area contributed by atoms with E-state index in [2.05, 4.69) is 57.2 Å². The minimum Gasteiger partial charge on any atom is -0.481 e. The molecule has 61 heavy (non-hydrogen) atoms. The molecule has 0 aromatic rings. The SMILES string of the molecule is CCCCCC/C=C\CCCCCCCCCC(=O)O.CCCCCC/C=C\CCCCCCCCCC(=O)O.CCCCCC/C=C\CCCCCCCCCC(=O)O.[La]. The van der Waals surface area contributed by atoms with Crippen LogP contribution in [0.4, 0.5) is 0 Å². The van der Waals surface area contributed by atoms with Gasteiger partial charge in [-0.05, 0) is 96.3 Å². The Kier molecular flexibility index (Phi) is 68.7. The summed E-state index contributed by atoms with van der Waals surface area (Å²) in [5.74, 6) is -1.98. The molecule has 6 nitrogen and oxygen atoms in total. The number of allylic oxidation sites excluding steroid dienone is 6. The van der Waals surface area contributed by atoms with Crippen molar-refractivity contribution in [3.63, 3.8) is 0 Å². The second-order valence-electron chi connectivity index (χ2n) is 17.2. The van der Waals surface area contributed by atoms with Gasteiger partial charge in [0.2, 0.25) is 0 Å². The first-order valence-corrected chi connectivity index (χ1v) is 25.9. The monoisotopic (exact) mass is 986 g/mol. The second-order valence-corrected chi connectivity index (χ2v) is 17.2. The molecule has 0 saturated carbocycles. The Morgan fingerprint density at radius 1 is 0.262 bits per heavy atom. The molecule has 0 aromatic carbocycles. The van der Waals surface area contributed by atoms with E-state index in [1.54, 1.807) is 0 Å². The molecular formula is C54H102LaO6. The molecule has 0 aliphatic heterocycles. The van der Waals surface area contributed by atoms with Gasteiger partial charge in [0, 0.05) is 54.9 Å². The van der Waals surface area contributed by atoms with Gasteiger partial charge in [0.05, 0.1) is 0 Å². The van der Waals surface area contributed by atoms with Crippen LogP contribution in [0.5, 0.6) is 0 Å². The number of aliphatic carboxylic acids is 3. The Morgan fingerprint density at radius 2 is 0.410 bits per heavy atom. The molecule has 1 radical (unpaired) electrons. The average molecular weight is 986 g/mol. The third-order valence-electron chi connectivity index (χ3n) is 11.0. The number of carbonyl (C=O) groups is 3. The van der Waals surface area contributed by atoms with Crippen molar-refractivity contribution in [2.45, 2.75) is 290 Å². The van der Waals surface area contributed by atoms with E-state index in [9.17, 15) is 14.4 Å². The van der Waals surface area contributed by atoms with Gasteiger partial charge in [0.1, 0.15) is 0 Å². The van der Waals surface area contributed by atoms with Crippen molar-refractivity contribution in [2.75, 3.05) is 0 Å². The molecule has 0 aliphatic rings. The van der Waals surface area contributed by atoms with Crippen LogP contribution >= 0.6 is 0 Å². The predicted octanol–water partition coefficient (Wildman–Crippen LogP) is 18.3. The fourth-order valence-electron chi connectivity index (χ4n) is 7.04. The topological polar surface area (TPSA) is 112 Å². The maximum Gasteiger partial charge on any atom is 0.303 e. The molecule has 0 heterocycles. The summed E-state index contributed by atoms with van der Waals surface area (Å²) in [5, 5.41) is 25.5. The normalized spacial score (nSPS) is 11.1. The van der Waals surface area contributed by atoms with Crippen molar-refractivity contribution in [1.29, 1.82) is 0 Å². The van der Waals surface area contributed by atoms with Gasteiger partial charge in [-0.25, -0.2) is 0 Å². The van der Waals surface area contributed by atoms with Crippen LogP contribution in [0.25, 0.3) is 0 Å². The Morgan fingerprint density at radius 3 is 0.574 bits per heavy atom. The minimum atomic E-state index is -0.661. The summed E-state index contributed by atoms with van der Waals surface area (Å²) >= 11 is 0. The molecular weight excluding hydrogens is 883 g/mol. The van der Waals surface area contributed by atoms with Crippen LogP contribution in [0.2, 0.25) is 0 Å². The van der Waals surface area contributed by atoms with E-state index in [1.165, 1.54) is 212 Å². The molecule has 0 aliphatic carbocycles. The number of carboxylic acid groups (broad SMARTS) is 3. The van der Waals surface area contributed by atoms with Crippen molar-refractivity contribution < 1.29 is 65.3 Å². The zero-order chi connectivity index (χ0) is 44.7. The summed E-state index contributed by atoms with van der Waals surface area (Å²) < 4.78 is 0. The number of hydrogen-bond acceptors (Lipinski definition) is 3. The molecule has 0 atom stereocenters. The van der Waals surface area contributed by atoms with Crippen LogP contribution in [-0.2, 0) is 14.4 Å². The van der Waals surface area contributed by atoms with Gasteiger partial charge in [-0.15, -0.1) is 0 Å². The summed E-state index contributed by atoms with van der Waals surface area (Å²) in [6.45, 7) is 6.76. The van der Waals surface area contributed by atoms with E-state index in [0.29, 0.717) is 19.3 Å². The van der Waals surface area contributed by atoms with Gasteiger partial charge in [0.15, 0.2) is 0 Å². The Labute approximate surface area is 407 Å². The molecule has 0 saturated heterocycles. The van der Waals surface area contributed by atoms with E-state index in [1.807, 2.05) is 0 Å². The zero-order valence-electron chi connectivity index (χ0n) is 40.8. The van der Waals surface area contributed by atoms with E-state index in [-0.39, 0.29) is 35.6 Å². The minimum absolute atomic E-state index is 0. The zero-order valence-corrected chi connectivity index (χ0v) is 44.4. The van der Waals surface area contributed by atoms with Crippen LogP contribution in [-0.4, -0.2) is 33.2 Å². The average Bonchev–Trinajstić information content (AvgIpc) is 3.22. The molecule has 0 unspecified atom stereocenters. The Hall–Kier alpha value is -1.18. The molecule has 3 N–H and O–H groups in total. The molecule has 0 amide bonds. The molecule has 0 fully saturated rings. The molecule has 0 spiro atoms. The Bertz CT molecular complexity index is 827. The van der Waals surface area contributed by atoms with Gasteiger partial charge in [-0.2, -0.15) is 0 Å². The quantitative estimate of drug-likeness (QED) is 0.0414. The van der Waals surface area contributed by atoms with Gasteiger partial charge in [-0.1, -0.05) is 211 Å². The smallest absolute Gasteiger partial charge is 0.303 e. The van der Waals surface area contributed by atoms with Crippen molar-refractivity contribution in [3.05, 3.63) is 36.5 Å². The maximum atomic E-state index is 10.3. The summed E-state index contributed by atoms with van der Waals surface area (Å²) in [5.41, 5.74) is 0. The van der Waals surface area contributed by atoms with E-state index in [0.717, 1.165) is 38.5 Å². The van der Waals surface area contributed by atoms with Crippen LogP contribution in [0.3, 0.4) is 0 Å². The summed E-state index contributed by atoms with van der Waals surface area (Å²) in [4.78, 5) is 31.0.